The second kappa shape index (κ2) is 7.16. The van der Waals surface area contributed by atoms with E-state index >= 15 is 0 Å². The first kappa shape index (κ1) is 15.4. The predicted octanol–water partition coefficient (Wildman–Crippen LogP) is 2.64. The molecule has 0 aromatic carbocycles. The Balaban J connectivity index is 2.14. The molecule has 0 saturated carbocycles. The van der Waals surface area contributed by atoms with Crippen LogP contribution in [0.15, 0.2) is 6.20 Å². The van der Waals surface area contributed by atoms with Crippen molar-refractivity contribution < 1.29 is 4.74 Å². The summed E-state index contributed by atoms with van der Waals surface area (Å²) in [6.45, 7) is 6.94. The number of rotatable bonds is 7. The molecule has 0 saturated heterocycles. The van der Waals surface area contributed by atoms with Crippen LogP contribution in [-0.2, 0) is 0 Å². The average Bonchev–Trinajstić information content (AvgIpc) is 2.91. The molecule has 7 nitrogen and oxygen atoms in total. The number of nitrogens with zero attached hydrogens (tertiary/aromatic N) is 4. The van der Waals surface area contributed by atoms with Crippen molar-refractivity contribution in [3.63, 3.8) is 0 Å². The normalized spacial score (nSPS) is 12.0. The van der Waals surface area contributed by atoms with E-state index in [1.54, 1.807) is 11.3 Å². The van der Waals surface area contributed by atoms with Crippen LogP contribution in [0, 0.1) is 6.92 Å². The van der Waals surface area contributed by atoms with Crippen LogP contribution in [-0.4, -0.2) is 33.6 Å². The van der Waals surface area contributed by atoms with Gasteiger partial charge in [-0.3, -0.25) is 0 Å². The third kappa shape index (κ3) is 4.25. The second-order valence-electron chi connectivity index (χ2n) is 4.57. The quantitative estimate of drug-likeness (QED) is 0.813. The highest BCUT2D eigenvalue weighted by Gasteiger charge is 2.13. The van der Waals surface area contributed by atoms with Gasteiger partial charge in [0.1, 0.15) is 5.01 Å². The highest BCUT2D eigenvalue weighted by atomic mass is 32.1. The van der Waals surface area contributed by atoms with Crippen molar-refractivity contribution in [2.45, 2.75) is 33.2 Å². The minimum Gasteiger partial charge on any atom is -0.467 e. The minimum absolute atomic E-state index is 0.0230. The SMILES string of the molecule is CCCNc1nc(NC(C)c2ncc(C)s2)nc(OC)n1. The zero-order chi connectivity index (χ0) is 15.2. The van der Waals surface area contributed by atoms with Crippen LogP contribution >= 0.6 is 11.3 Å². The van der Waals surface area contributed by atoms with Gasteiger partial charge in [-0.1, -0.05) is 6.92 Å². The number of nitrogens with one attached hydrogen (secondary N) is 2. The number of ether oxygens (including phenoxy) is 1. The first-order chi connectivity index (χ1) is 10.1. The number of hydrogen-bond donors (Lipinski definition) is 2. The number of thiazole rings is 1. The Morgan fingerprint density at radius 3 is 2.67 bits per heavy atom. The lowest BCUT2D eigenvalue weighted by Crippen LogP contribution is -2.13. The zero-order valence-electron chi connectivity index (χ0n) is 12.7. The summed E-state index contributed by atoms with van der Waals surface area (Å²) in [5.74, 6) is 0.981. The molecule has 2 rings (SSSR count). The van der Waals surface area contributed by atoms with Gasteiger partial charge in [0.25, 0.3) is 0 Å². The van der Waals surface area contributed by atoms with E-state index < -0.39 is 0 Å². The van der Waals surface area contributed by atoms with Crippen LogP contribution in [0.4, 0.5) is 11.9 Å². The van der Waals surface area contributed by atoms with Gasteiger partial charge in [0.2, 0.25) is 11.9 Å². The smallest absolute Gasteiger partial charge is 0.322 e. The molecule has 1 atom stereocenters. The average molecular weight is 308 g/mol. The van der Waals surface area contributed by atoms with Gasteiger partial charge < -0.3 is 15.4 Å². The molecular weight excluding hydrogens is 288 g/mol. The Kier molecular flexibility index (Phi) is 5.26. The molecule has 0 aliphatic heterocycles. The van der Waals surface area contributed by atoms with E-state index in [0.29, 0.717) is 11.9 Å². The van der Waals surface area contributed by atoms with E-state index in [1.165, 1.54) is 12.0 Å². The summed E-state index contributed by atoms with van der Waals surface area (Å²) in [7, 11) is 1.54. The van der Waals surface area contributed by atoms with E-state index in [1.807, 2.05) is 20.0 Å². The molecule has 0 aliphatic rings. The Labute approximate surface area is 128 Å². The van der Waals surface area contributed by atoms with E-state index in [9.17, 15) is 0 Å². The largest absolute Gasteiger partial charge is 0.467 e. The van der Waals surface area contributed by atoms with Gasteiger partial charge in [-0.2, -0.15) is 15.0 Å². The molecule has 114 valence electrons. The molecule has 1 unspecified atom stereocenters. The molecule has 0 bridgehead atoms. The molecule has 2 N–H and O–H groups in total. The summed E-state index contributed by atoms with van der Waals surface area (Å²) in [4.78, 5) is 18.3. The Morgan fingerprint density at radius 2 is 2.05 bits per heavy atom. The molecular formula is C13H20N6OS. The van der Waals surface area contributed by atoms with Crippen molar-refractivity contribution in [3.8, 4) is 6.01 Å². The highest BCUT2D eigenvalue weighted by molar-refractivity contribution is 7.11. The van der Waals surface area contributed by atoms with Crippen molar-refractivity contribution in [2.75, 3.05) is 24.3 Å². The highest BCUT2D eigenvalue weighted by Crippen LogP contribution is 2.22. The summed E-state index contributed by atoms with van der Waals surface area (Å²) < 4.78 is 5.11. The topological polar surface area (TPSA) is 84.9 Å². The van der Waals surface area contributed by atoms with E-state index in [0.717, 1.165) is 18.0 Å². The predicted molar refractivity (Wildman–Crippen MR) is 84.0 cm³/mol. The summed E-state index contributed by atoms with van der Waals surface area (Å²) >= 11 is 1.65. The van der Waals surface area contributed by atoms with Gasteiger partial charge in [0.15, 0.2) is 0 Å². The maximum absolute atomic E-state index is 5.11. The lowest BCUT2D eigenvalue weighted by Gasteiger charge is -2.12. The summed E-state index contributed by atoms with van der Waals surface area (Å²) in [5, 5.41) is 7.36. The van der Waals surface area contributed by atoms with Gasteiger partial charge >= 0.3 is 6.01 Å². The van der Waals surface area contributed by atoms with E-state index in [-0.39, 0.29) is 12.1 Å². The molecule has 2 aromatic rings. The molecule has 0 fully saturated rings. The van der Waals surface area contributed by atoms with Gasteiger partial charge in [0, 0.05) is 17.6 Å². The van der Waals surface area contributed by atoms with Crippen molar-refractivity contribution >= 4 is 23.2 Å². The molecule has 0 aliphatic carbocycles. The Hall–Kier alpha value is -1.96. The number of anilines is 2. The molecule has 0 radical (unpaired) electrons. The van der Waals surface area contributed by atoms with Crippen LogP contribution < -0.4 is 15.4 Å². The number of aryl methyl sites for hydroxylation is 1. The molecule has 8 heteroatoms. The summed E-state index contributed by atoms with van der Waals surface area (Å²) in [5.41, 5.74) is 0. The summed E-state index contributed by atoms with van der Waals surface area (Å²) in [6, 6.07) is 0.309. The molecule has 0 amide bonds. The van der Waals surface area contributed by atoms with Crippen LogP contribution in [0.3, 0.4) is 0 Å². The fraction of sp³-hybridized carbons (Fsp3) is 0.538. The maximum atomic E-state index is 5.11. The van der Waals surface area contributed by atoms with Crippen LogP contribution in [0.5, 0.6) is 6.01 Å². The van der Waals surface area contributed by atoms with Gasteiger partial charge in [0.05, 0.1) is 13.2 Å². The van der Waals surface area contributed by atoms with Crippen LogP contribution in [0.1, 0.15) is 36.2 Å². The van der Waals surface area contributed by atoms with Gasteiger partial charge in [-0.15, -0.1) is 11.3 Å². The van der Waals surface area contributed by atoms with Crippen LogP contribution in [0.2, 0.25) is 0 Å². The third-order valence-electron chi connectivity index (χ3n) is 2.69. The maximum Gasteiger partial charge on any atom is 0.322 e. The Morgan fingerprint density at radius 1 is 1.29 bits per heavy atom. The molecule has 2 heterocycles. The van der Waals surface area contributed by atoms with Gasteiger partial charge in [-0.05, 0) is 20.3 Å². The van der Waals surface area contributed by atoms with Crippen molar-refractivity contribution in [3.05, 3.63) is 16.1 Å². The van der Waals surface area contributed by atoms with E-state index in [2.05, 4.69) is 37.5 Å². The standard InChI is InChI=1S/C13H20N6OS/c1-5-6-14-11-17-12(19-13(18-11)20-4)16-9(3)10-15-7-8(2)21-10/h7,9H,5-6H2,1-4H3,(H2,14,16,17,18,19). The lowest BCUT2D eigenvalue weighted by molar-refractivity contribution is 0.379. The Bertz CT molecular complexity index is 588. The molecule has 0 spiro atoms. The second-order valence-corrected chi connectivity index (χ2v) is 5.84. The monoisotopic (exact) mass is 308 g/mol. The minimum atomic E-state index is 0.0230. The number of aromatic nitrogens is 4. The van der Waals surface area contributed by atoms with Crippen molar-refractivity contribution in [2.24, 2.45) is 0 Å². The van der Waals surface area contributed by atoms with Crippen LogP contribution in [0.25, 0.3) is 0 Å². The first-order valence-corrected chi connectivity index (χ1v) is 7.66. The fourth-order valence-electron chi connectivity index (χ4n) is 1.66. The third-order valence-corrected chi connectivity index (χ3v) is 3.78. The molecule has 21 heavy (non-hydrogen) atoms. The molecule has 2 aromatic heterocycles. The number of methoxy groups -OCH3 is 1. The first-order valence-electron chi connectivity index (χ1n) is 6.85. The lowest BCUT2D eigenvalue weighted by atomic mass is 10.4. The van der Waals surface area contributed by atoms with Gasteiger partial charge in [-0.25, -0.2) is 4.98 Å². The van der Waals surface area contributed by atoms with Crippen molar-refractivity contribution in [1.82, 2.24) is 19.9 Å². The van der Waals surface area contributed by atoms with Crippen molar-refractivity contribution in [1.29, 1.82) is 0 Å². The zero-order valence-corrected chi connectivity index (χ0v) is 13.5. The van der Waals surface area contributed by atoms with E-state index in [4.69, 9.17) is 4.74 Å². The summed E-state index contributed by atoms with van der Waals surface area (Å²) in [6.07, 6.45) is 2.85. The number of hydrogen-bond acceptors (Lipinski definition) is 8. The fourth-order valence-corrected chi connectivity index (χ4v) is 2.43.